The first-order chi connectivity index (χ1) is 10.0. The molecule has 0 unspecified atom stereocenters. The van der Waals surface area contributed by atoms with Crippen molar-refractivity contribution in [3.8, 4) is 5.75 Å². The van der Waals surface area contributed by atoms with E-state index in [4.69, 9.17) is 4.74 Å². The molecule has 0 aliphatic heterocycles. The number of carbonyl (C=O) groups excluding carboxylic acids is 1. The molecule has 1 aromatic carbocycles. The van der Waals surface area contributed by atoms with Crippen molar-refractivity contribution in [2.45, 2.75) is 6.92 Å². The van der Waals surface area contributed by atoms with E-state index in [-0.39, 0.29) is 11.7 Å². The van der Waals surface area contributed by atoms with Crippen molar-refractivity contribution in [2.24, 2.45) is 0 Å². The first-order valence-electron chi connectivity index (χ1n) is 6.35. The first-order valence-corrected chi connectivity index (χ1v) is 6.35. The summed E-state index contributed by atoms with van der Waals surface area (Å²) in [6, 6.07) is 7.54. The number of ether oxygens (including phenoxy) is 1. The second-order valence-electron chi connectivity index (χ2n) is 4.44. The quantitative estimate of drug-likeness (QED) is 0.908. The van der Waals surface area contributed by atoms with Crippen LogP contribution in [0.1, 0.15) is 16.1 Å². The standard InChI is InChI=1S/C15H16FN3O2/c1-9-6-10(7-14(17-2)18-9)15(20)19-11-4-5-13(21-3)12(16)8-11/h4-8H,1-3H3,(H,17,18)(H,19,20). The van der Waals surface area contributed by atoms with Gasteiger partial charge in [0.15, 0.2) is 11.6 Å². The van der Waals surface area contributed by atoms with E-state index < -0.39 is 5.82 Å². The van der Waals surface area contributed by atoms with Crippen LogP contribution in [0.3, 0.4) is 0 Å². The Balaban J connectivity index is 2.21. The third kappa shape index (κ3) is 3.47. The van der Waals surface area contributed by atoms with Gasteiger partial charge in [-0.1, -0.05) is 0 Å². The molecule has 0 bridgehead atoms. The number of nitrogens with zero attached hydrogens (tertiary/aromatic N) is 1. The lowest BCUT2D eigenvalue weighted by molar-refractivity contribution is 0.102. The average molecular weight is 289 g/mol. The molecule has 1 amide bonds. The van der Waals surface area contributed by atoms with Crippen molar-refractivity contribution in [3.63, 3.8) is 0 Å². The van der Waals surface area contributed by atoms with Crippen LogP contribution in [-0.2, 0) is 0 Å². The minimum Gasteiger partial charge on any atom is -0.494 e. The number of hydrogen-bond donors (Lipinski definition) is 2. The van der Waals surface area contributed by atoms with Gasteiger partial charge in [-0.15, -0.1) is 0 Å². The van der Waals surface area contributed by atoms with Gasteiger partial charge in [0.25, 0.3) is 5.91 Å². The Kier molecular flexibility index (Phi) is 4.37. The van der Waals surface area contributed by atoms with Gasteiger partial charge in [-0.25, -0.2) is 9.37 Å². The zero-order valence-electron chi connectivity index (χ0n) is 12.0. The molecule has 2 aromatic rings. The number of pyridine rings is 1. The van der Waals surface area contributed by atoms with Crippen molar-refractivity contribution in [1.82, 2.24) is 4.98 Å². The number of aryl methyl sites for hydroxylation is 1. The maximum atomic E-state index is 13.6. The molecule has 2 rings (SSSR count). The van der Waals surface area contributed by atoms with Gasteiger partial charge in [-0.05, 0) is 31.2 Å². The van der Waals surface area contributed by atoms with Crippen LogP contribution in [0.2, 0.25) is 0 Å². The zero-order chi connectivity index (χ0) is 15.4. The fraction of sp³-hybridized carbons (Fsp3) is 0.200. The molecule has 0 saturated carbocycles. The number of methoxy groups -OCH3 is 1. The van der Waals surface area contributed by atoms with Crippen LogP contribution in [-0.4, -0.2) is 25.0 Å². The Labute approximate surface area is 122 Å². The summed E-state index contributed by atoms with van der Waals surface area (Å²) < 4.78 is 18.4. The van der Waals surface area contributed by atoms with E-state index in [1.54, 1.807) is 32.2 Å². The molecule has 0 saturated heterocycles. The fourth-order valence-corrected chi connectivity index (χ4v) is 1.88. The van der Waals surface area contributed by atoms with Gasteiger partial charge >= 0.3 is 0 Å². The number of carbonyl (C=O) groups is 1. The maximum absolute atomic E-state index is 13.6. The van der Waals surface area contributed by atoms with E-state index in [0.29, 0.717) is 22.8 Å². The lowest BCUT2D eigenvalue weighted by Crippen LogP contribution is -2.13. The summed E-state index contributed by atoms with van der Waals surface area (Å²) in [4.78, 5) is 16.4. The van der Waals surface area contributed by atoms with Crippen molar-refractivity contribution in [2.75, 3.05) is 24.8 Å². The summed E-state index contributed by atoms with van der Waals surface area (Å²) in [5.74, 6) is -0.134. The molecule has 0 aliphatic carbocycles. The van der Waals surface area contributed by atoms with Gasteiger partial charge in [-0.3, -0.25) is 4.79 Å². The minimum atomic E-state index is -0.530. The van der Waals surface area contributed by atoms with E-state index in [0.717, 1.165) is 0 Å². The molecule has 1 aromatic heterocycles. The summed E-state index contributed by atoms with van der Waals surface area (Å²) in [5.41, 5.74) is 1.52. The smallest absolute Gasteiger partial charge is 0.255 e. The number of benzene rings is 1. The highest BCUT2D eigenvalue weighted by atomic mass is 19.1. The van der Waals surface area contributed by atoms with Gasteiger partial charge in [0, 0.05) is 30.1 Å². The second-order valence-corrected chi connectivity index (χ2v) is 4.44. The van der Waals surface area contributed by atoms with Gasteiger partial charge in [0.1, 0.15) is 5.82 Å². The van der Waals surface area contributed by atoms with Crippen LogP contribution >= 0.6 is 0 Å². The Morgan fingerprint density at radius 2 is 2.05 bits per heavy atom. The van der Waals surface area contributed by atoms with Gasteiger partial charge in [-0.2, -0.15) is 0 Å². The van der Waals surface area contributed by atoms with Gasteiger partial charge in [0.05, 0.1) is 7.11 Å². The number of anilines is 2. The van der Waals surface area contributed by atoms with Crippen LogP contribution < -0.4 is 15.4 Å². The Hall–Kier alpha value is -2.63. The topological polar surface area (TPSA) is 63.2 Å². The predicted molar refractivity (Wildman–Crippen MR) is 79.4 cm³/mol. The number of amides is 1. The molecular weight excluding hydrogens is 273 g/mol. The van der Waals surface area contributed by atoms with E-state index in [2.05, 4.69) is 15.6 Å². The number of hydrogen-bond acceptors (Lipinski definition) is 4. The molecule has 5 nitrogen and oxygen atoms in total. The third-order valence-electron chi connectivity index (χ3n) is 2.88. The summed E-state index contributed by atoms with van der Waals surface area (Å²) >= 11 is 0. The second kappa shape index (κ2) is 6.21. The monoisotopic (exact) mass is 289 g/mol. The Morgan fingerprint density at radius 3 is 2.67 bits per heavy atom. The first kappa shape index (κ1) is 14.8. The molecule has 21 heavy (non-hydrogen) atoms. The zero-order valence-corrected chi connectivity index (χ0v) is 12.0. The number of halogens is 1. The van der Waals surface area contributed by atoms with Crippen molar-refractivity contribution >= 4 is 17.4 Å². The highest BCUT2D eigenvalue weighted by molar-refractivity contribution is 6.04. The molecule has 0 spiro atoms. The van der Waals surface area contributed by atoms with E-state index in [1.807, 2.05) is 0 Å². The maximum Gasteiger partial charge on any atom is 0.255 e. The lowest BCUT2D eigenvalue weighted by Gasteiger charge is -2.09. The molecule has 0 atom stereocenters. The summed E-state index contributed by atoms with van der Waals surface area (Å²) in [6.45, 7) is 1.80. The van der Waals surface area contributed by atoms with Crippen LogP contribution in [0.4, 0.5) is 15.9 Å². The van der Waals surface area contributed by atoms with E-state index in [9.17, 15) is 9.18 Å². The molecular formula is C15H16FN3O2. The largest absolute Gasteiger partial charge is 0.494 e. The van der Waals surface area contributed by atoms with Crippen LogP contribution in [0.15, 0.2) is 30.3 Å². The highest BCUT2D eigenvalue weighted by Gasteiger charge is 2.10. The molecule has 0 aliphatic rings. The van der Waals surface area contributed by atoms with Crippen molar-refractivity contribution in [1.29, 1.82) is 0 Å². The number of nitrogens with one attached hydrogen (secondary N) is 2. The van der Waals surface area contributed by atoms with E-state index >= 15 is 0 Å². The molecule has 0 fully saturated rings. The summed E-state index contributed by atoms with van der Waals surface area (Å²) in [6.07, 6.45) is 0. The molecule has 1 heterocycles. The third-order valence-corrected chi connectivity index (χ3v) is 2.88. The molecule has 2 N–H and O–H groups in total. The molecule has 6 heteroatoms. The Morgan fingerprint density at radius 1 is 1.29 bits per heavy atom. The SMILES string of the molecule is CNc1cc(C(=O)Nc2ccc(OC)c(F)c2)cc(C)n1. The van der Waals surface area contributed by atoms with E-state index in [1.165, 1.54) is 19.2 Å². The summed E-state index contributed by atoms with van der Waals surface area (Å²) in [5, 5.41) is 5.52. The van der Waals surface area contributed by atoms with Crippen molar-refractivity contribution in [3.05, 3.63) is 47.4 Å². The molecule has 0 radical (unpaired) electrons. The number of aromatic nitrogens is 1. The van der Waals surface area contributed by atoms with Crippen LogP contribution in [0, 0.1) is 12.7 Å². The normalized spacial score (nSPS) is 10.1. The average Bonchev–Trinajstić information content (AvgIpc) is 2.46. The van der Waals surface area contributed by atoms with Crippen LogP contribution in [0.25, 0.3) is 0 Å². The minimum absolute atomic E-state index is 0.130. The summed E-state index contributed by atoms with van der Waals surface area (Å²) in [7, 11) is 3.11. The number of rotatable bonds is 4. The lowest BCUT2D eigenvalue weighted by atomic mass is 10.2. The molecule has 110 valence electrons. The van der Waals surface area contributed by atoms with Crippen molar-refractivity contribution < 1.29 is 13.9 Å². The Bertz CT molecular complexity index is 674. The predicted octanol–water partition coefficient (Wildman–Crippen LogP) is 2.83. The van der Waals surface area contributed by atoms with Crippen LogP contribution in [0.5, 0.6) is 5.75 Å². The van der Waals surface area contributed by atoms with Gasteiger partial charge in [0.2, 0.25) is 0 Å². The fourth-order valence-electron chi connectivity index (χ4n) is 1.88. The van der Waals surface area contributed by atoms with Gasteiger partial charge < -0.3 is 15.4 Å². The highest BCUT2D eigenvalue weighted by Crippen LogP contribution is 2.21.